The molecule has 2 aromatic carbocycles. The molecule has 0 radical (unpaired) electrons. The first-order chi connectivity index (χ1) is 15.2. The molecule has 1 aromatic heterocycles. The lowest BCUT2D eigenvalue weighted by molar-refractivity contribution is -0.134. The zero-order chi connectivity index (χ0) is 22.8. The molecule has 0 saturated heterocycles. The first-order valence-electron chi connectivity index (χ1n) is 10.3. The Morgan fingerprint density at radius 3 is 2.31 bits per heavy atom. The highest BCUT2D eigenvalue weighted by molar-refractivity contribution is 5.94. The molecular formula is C23H21F4N3O2. The summed E-state index contributed by atoms with van der Waals surface area (Å²) in [6.45, 7) is 0. The Labute approximate surface area is 181 Å². The lowest BCUT2D eigenvalue weighted by Crippen LogP contribution is -2.44. The lowest BCUT2D eigenvalue weighted by Gasteiger charge is -2.26. The highest BCUT2D eigenvalue weighted by Crippen LogP contribution is 2.39. The summed E-state index contributed by atoms with van der Waals surface area (Å²) in [5, 5.41) is 7.00. The topological polar surface area (TPSA) is 68.0 Å². The van der Waals surface area contributed by atoms with E-state index in [0.717, 1.165) is 12.8 Å². The van der Waals surface area contributed by atoms with Crippen LogP contribution < -0.4 is 5.32 Å². The van der Waals surface area contributed by atoms with Crippen LogP contribution in [0, 0.1) is 5.82 Å². The molecule has 1 saturated carbocycles. The number of hydrogen-bond donors (Lipinski definition) is 1. The highest BCUT2D eigenvalue weighted by atomic mass is 19.4. The van der Waals surface area contributed by atoms with E-state index in [9.17, 15) is 22.4 Å². The molecule has 0 aliphatic heterocycles. The van der Waals surface area contributed by atoms with Crippen molar-refractivity contribution in [3.8, 4) is 11.4 Å². The van der Waals surface area contributed by atoms with Crippen molar-refractivity contribution in [1.29, 1.82) is 0 Å². The van der Waals surface area contributed by atoms with Gasteiger partial charge >= 0.3 is 6.18 Å². The van der Waals surface area contributed by atoms with E-state index in [-0.39, 0.29) is 18.2 Å². The van der Waals surface area contributed by atoms with Crippen LogP contribution in [-0.4, -0.2) is 22.2 Å². The number of carbonyl (C=O) groups excluding carboxylic acids is 1. The van der Waals surface area contributed by atoms with E-state index in [2.05, 4.69) is 15.5 Å². The maximum absolute atomic E-state index is 13.2. The van der Waals surface area contributed by atoms with Gasteiger partial charge in [0.15, 0.2) is 0 Å². The minimum Gasteiger partial charge on any atom is -0.338 e. The molecule has 1 fully saturated rings. The van der Waals surface area contributed by atoms with Gasteiger partial charge in [0.05, 0.1) is 0 Å². The van der Waals surface area contributed by atoms with Crippen molar-refractivity contribution >= 4 is 5.91 Å². The van der Waals surface area contributed by atoms with Crippen LogP contribution in [0.2, 0.25) is 0 Å². The van der Waals surface area contributed by atoms with E-state index in [1.807, 2.05) is 0 Å². The lowest BCUT2D eigenvalue weighted by atomic mass is 9.96. The van der Waals surface area contributed by atoms with Gasteiger partial charge in [0, 0.05) is 17.5 Å². The van der Waals surface area contributed by atoms with E-state index in [0.29, 0.717) is 35.4 Å². The molecule has 0 unspecified atom stereocenters. The Bertz CT molecular complexity index is 1070. The summed E-state index contributed by atoms with van der Waals surface area (Å²) in [6, 6.07) is 11.8. The number of halogens is 4. The predicted octanol–water partition coefficient (Wildman–Crippen LogP) is 5.57. The molecule has 0 atom stereocenters. The monoisotopic (exact) mass is 447 g/mol. The fraction of sp³-hybridized carbons (Fsp3) is 0.348. The zero-order valence-corrected chi connectivity index (χ0v) is 17.1. The fourth-order valence-electron chi connectivity index (χ4n) is 3.90. The van der Waals surface area contributed by atoms with Crippen LogP contribution >= 0.6 is 0 Å². The van der Waals surface area contributed by atoms with Crippen molar-refractivity contribution in [3.05, 3.63) is 71.4 Å². The van der Waals surface area contributed by atoms with Crippen molar-refractivity contribution in [2.45, 2.75) is 50.2 Å². The molecule has 1 N–H and O–H groups in total. The Morgan fingerprint density at radius 1 is 1.03 bits per heavy atom. The summed E-state index contributed by atoms with van der Waals surface area (Å²) in [6.07, 6.45) is -2.19. The van der Waals surface area contributed by atoms with Crippen LogP contribution in [0.15, 0.2) is 53.1 Å². The van der Waals surface area contributed by atoms with E-state index in [1.165, 1.54) is 24.3 Å². The molecule has 168 valence electrons. The Hall–Kier alpha value is -3.23. The Kier molecular flexibility index (Phi) is 5.99. The van der Waals surface area contributed by atoms with Crippen molar-refractivity contribution in [2.24, 2.45) is 0 Å². The fourth-order valence-corrected chi connectivity index (χ4v) is 3.90. The summed E-state index contributed by atoms with van der Waals surface area (Å²) < 4.78 is 55.9. The molecule has 5 nitrogen and oxygen atoms in total. The molecule has 9 heteroatoms. The third kappa shape index (κ3) is 4.98. The number of alkyl halides is 3. The van der Waals surface area contributed by atoms with Crippen LogP contribution in [-0.2, 0) is 12.0 Å². The number of benzene rings is 2. The van der Waals surface area contributed by atoms with Crippen LogP contribution in [0.25, 0.3) is 11.4 Å². The van der Waals surface area contributed by atoms with Gasteiger partial charge in [0.25, 0.3) is 11.8 Å². The van der Waals surface area contributed by atoms with E-state index < -0.39 is 24.0 Å². The van der Waals surface area contributed by atoms with E-state index >= 15 is 0 Å². The van der Waals surface area contributed by atoms with Gasteiger partial charge in [0.1, 0.15) is 11.4 Å². The summed E-state index contributed by atoms with van der Waals surface area (Å²) in [5.74, 6) is -0.213. The molecule has 1 aliphatic carbocycles. The molecule has 1 aliphatic rings. The number of rotatable bonds is 6. The summed E-state index contributed by atoms with van der Waals surface area (Å²) in [4.78, 5) is 17.2. The minimum absolute atomic E-state index is 0.0974. The molecule has 1 heterocycles. The van der Waals surface area contributed by atoms with Crippen molar-refractivity contribution in [2.75, 3.05) is 0 Å². The maximum atomic E-state index is 13.2. The molecule has 1 amide bonds. The molecule has 4 rings (SSSR count). The molecule has 32 heavy (non-hydrogen) atoms. The van der Waals surface area contributed by atoms with E-state index in [4.69, 9.17) is 4.52 Å². The van der Waals surface area contributed by atoms with Crippen LogP contribution in [0.4, 0.5) is 17.6 Å². The number of carbonyl (C=O) groups is 1. The zero-order valence-electron chi connectivity index (χ0n) is 17.1. The molecular weight excluding hydrogens is 426 g/mol. The van der Waals surface area contributed by atoms with Gasteiger partial charge in [-0.25, -0.2) is 4.39 Å². The SMILES string of the molecule is O=C(NC1(c2nc(-c3ccc(CCC(F)(F)F)cc3)no2)CCCC1)c1ccc(F)cc1. The average molecular weight is 447 g/mol. The molecule has 0 bridgehead atoms. The smallest absolute Gasteiger partial charge is 0.338 e. The minimum atomic E-state index is -4.20. The second kappa shape index (κ2) is 8.72. The number of nitrogens with one attached hydrogen (secondary N) is 1. The van der Waals surface area contributed by atoms with Crippen molar-refractivity contribution in [3.63, 3.8) is 0 Å². The standard InChI is InChI=1S/C23H21F4N3O2/c24-18-9-7-17(8-10-18)20(31)29-22(12-1-2-13-22)21-28-19(30-32-21)16-5-3-15(4-6-16)11-14-23(25,26)27/h3-10H,1-2,11-14H2,(H,29,31). The second-order valence-electron chi connectivity index (χ2n) is 7.99. The summed E-state index contributed by atoms with van der Waals surface area (Å²) in [5.41, 5.74) is 0.679. The number of amides is 1. The second-order valence-corrected chi connectivity index (χ2v) is 7.99. The summed E-state index contributed by atoms with van der Waals surface area (Å²) >= 11 is 0. The van der Waals surface area contributed by atoms with Gasteiger partial charge in [-0.15, -0.1) is 0 Å². The number of aromatic nitrogens is 2. The van der Waals surface area contributed by atoms with Gasteiger partial charge in [-0.3, -0.25) is 4.79 Å². The van der Waals surface area contributed by atoms with Gasteiger partial charge in [-0.05, 0) is 49.1 Å². The van der Waals surface area contributed by atoms with Gasteiger partial charge in [-0.1, -0.05) is 42.3 Å². The third-order valence-electron chi connectivity index (χ3n) is 5.66. The number of nitrogens with zero attached hydrogens (tertiary/aromatic N) is 2. The number of aryl methyl sites for hydroxylation is 1. The van der Waals surface area contributed by atoms with E-state index in [1.54, 1.807) is 24.3 Å². The summed E-state index contributed by atoms with van der Waals surface area (Å²) in [7, 11) is 0. The maximum Gasteiger partial charge on any atom is 0.389 e. The average Bonchev–Trinajstić information content (AvgIpc) is 3.43. The van der Waals surface area contributed by atoms with Gasteiger partial charge < -0.3 is 9.84 Å². The highest BCUT2D eigenvalue weighted by Gasteiger charge is 2.42. The Morgan fingerprint density at radius 2 is 1.69 bits per heavy atom. The van der Waals surface area contributed by atoms with Crippen molar-refractivity contribution < 1.29 is 26.9 Å². The predicted molar refractivity (Wildman–Crippen MR) is 108 cm³/mol. The van der Waals surface area contributed by atoms with Crippen LogP contribution in [0.1, 0.15) is 53.9 Å². The Balaban J connectivity index is 1.51. The largest absolute Gasteiger partial charge is 0.389 e. The first-order valence-corrected chi connectivity index (χ1v) is 10.3. The quantitative estimate of drug-likeness (QED) is 0.502. The normalized spacial score (nSPS) is 15.6. The molecule has 3 aromatic rings. The van der Waals surface area contributed by atoms with Gasteiger partial charge in [-0.2, -0.15) is 18.2 Å². The van der Waals surface area contributed by atoms with Crippen LogP contribution in [0.5, 0.6) is 0 Å². The third-order valence-corrected chi connectivity index (χ3v) is 5.66. The molecule has 0 spiro atoms. The number of hydrogen-bond acceptors (Lipinski definition) is 4. The van der Waals surface area contributed by atoms with Crippen molar-refractivity contribution in [1.82, 2.24) is 15.5 Å². The van der Waals surface area contributed by atoms with Crippen LogP contribution in [0.3, 0.4) is 0 Å². The van der Waals surface area contributed by atoms with Gasteiger partial charge in [0.2, 0.25) is 5.82 Å². The first kappa shape index (κ1) is 22.0.